The van der Waals surface area contributed by atoms with Gasteiger partial charge in [0, 0.05) is 31.9 Å². The minimum absolute atomic E-state index is 0.848. The molecule has 0 bridgehead atoms. The smallest absolute Gasteiger partial charge is 0.0949 e. The maximum Gasteiger partial charge on any atom is 0.0949 e. The van der Waals surface area contributed by atoms with Crippen LogP contribution in [-0.4, -0.2) is 41.1 Å². The van der Waals surface area contributed by atoms with Crippen molar-refractivity contribution in [1.29, 1.82) is 0 Å². The van der Waals surface area contributed by atoms with Gasteiger partial charge in [0.05, 0.1) is 12.0 Å². The zero-order valence-corrected chi connectivity index (χ0v) is 9.61. The van der Waals surface area contributed by atoms with Crippen LogP contribution in [0.4, 0.5) is 0 Å². The molecule has 0 aliphatic heterocycles. The van der Waals surface area contributed by atoms with Crippen LogP contribution in [-0.2, 0) is 13.1 Å². The SMILES string of the molecule is CNCc1cncn1CCN(C)C1CC1. The van der Waals surface area contributed by atoms with Gasteiger partial charge in [0.2, 0.25) is 0 Å². The van der Waals surface area contributed by atoms with Crippen molar-refractivity contribution < 1.29 is 0 Å². The normalized spacial score (nSPS) is 16.2. The third-order valence-corrected chi connectivity index (χ3v) is 3.02. The Morgan fingerprint density at radius 1 is 1.60 bits per heavy atom. The Labute approximate surface area is 91.3 Å². The van der Waals surface area contributed by atoms with Crippen molar-refractivity contribution in [2.24, 2.45) is 0 Å². The van der Waals surface area contributed by atoms with Gasteiger partial charge in [-0.05, 0) is 26.9 Å². The highest BCUT2D eigenvalue weighted by Gasteiger charge is 2.25. The van der Waals surface area contributed by atoms with Crippen molar-refractivity contribution in [3.05, 3.63) is 18.2 Å². The van der Waals surface area contributed by atoms with Crippen molar-refractivity contribution >= 4 is 0 Å². The molecule has 0 saturated heterocycles. The van der Waals surface area contributed by atoms with Gasteiger partial charge in [-0.2, -0.15) is 0 Å². The first-order chi connectivity index (χ1) is 7.31. The van der Waals surface area contributed by atoms with Gasteiger partial charge in [-0.15, -0.1) is 0 Å². The Hall–Kier alpha value is -0.870. The molecular formula is C11H20N4. The molecule has 1 aliphatic rings. The predicted molar refractivity (Wildman–Crippen MR) is 60.6 cm³/mol. The number of nitrogens with zero attached hydrogens (tertiary/aromatic N) is 3. The van der Waals surface area contributed by atoms with E-state index in [1.54, 1.807) is 0 Å². The average Bonchev–Trinajstić information content (AvgIpc) is 2.99. The lowest BCUT2D eigenvalue weighted by atomic mass is 10.4. The second-order valence-electron chi connectivity index (χ2n) is 4.32. The van der Waals surface area contributed by atoms with E-state index in [2.05, 4.69) is 26.8 Å². The number of rotatable bonds is 6. The van der Waals surface area contributed by atoms with E-state index in [9.17, 15) is 0 Å². The van der Waals surface area contributed by atoms with Crippen LogP contribution in [0.25, 0.3) is 0 Å². The van der Waals surface area contributed by atoms with Crippen LogP contribution >= 0.6 is 0 Å². The van der Waals surface area contributed by atoms with E-state index in [0.717, 1.165) is 25.7 Å². The summed E-state index contributed by atoms with van der Waals surface area (Å²) < 4.78 is 2.23. The Balaban J connectivity index is 1.83. The van der Waals surface area contributed by atoms with Crippen molar-refractivity contribution in [2.45, 2.75) is 32.0 Å². The van der Waals surface area contributed by atoms with E-state index in [1.807, 2.05) is 19.6 Å². The molecule has 0 radical (unpaired) electrons. The summed E-state index contributed by atoms with van der Waals surface area (Å²) in [5, 5.41) is 3.16. The van der Waals surface area contributed by atoms with Crippen LogP contribution in [0.1, 0.15) is 18.5 Å². The Kier molecular flexibility index (Phi) is 3.38. The van der Waals surface area contributed by atoms with Crippen LogP contribution in [0.5, 0.6) is 0 Å². The van der Waals surface area contributed by atoms with Gasteiger partial charge in [0.1, 0.15) is 0 Å². The molecule has 0 amide bonds. The largest absolute Gasteiger partial charge is 0.332 e. The molecule has 1 fully saturated rings. The molecular weight excluding hydrogens is 188 g/mol. The highest BCUT2D eigenvalue weighted by Crippen LogP contribution is 2.24. The van der Waals surface area contributed by atoms with Crippen LogP contribution in [0.15, 0.2) is 12.5 Å². The van der Waals surface area contributed by atoms with E-state index < -0.39 is 0 Å². The fourth-order valence-electron chi connectivity index (χ4n) is 1.84. The van der Waals surface area contributed by atoms with Crippen LogP contribution in [0.2, 0.25) is 0 Å². The minimum atomic E-state index is 0.848. The lowest BCUT2D eigenvalue weighted by Gasteiger charge is -2.16. The number of nitrogens with one attached hydrogen (secondary N) is 1. The van der Waals surface area contributed by atoms with Gasteiger partial charge in [-0.3, -0.25) is 0 Å². The Morgan fingerprint density at radius 3 is 3.07 bits per heavy atom. The molecule has 4 heteroatoms. The molecule has 0 spiro atoms. The molecule has 0 aromatic carbocycles. The third kappa shape index (κ3) is 2.79. The molecule has 2 rings (SSSR count). The van der Waals surface area contributed by atoms with E-state index in [0.29, 0.717) is 0 Å². The zero-order chi connectivity index (χ0) is 10.7. The fourth-order valence-corrected chi connectivity index (χ4v) is 1.84. The molecule has 1 heterocycles. The lowest BCUT2D eigenvalue weighted by Crippen LogP contribution is -2.26. The maximum atomic E-state index is 4.18. The Morgan fingerprint density at radius 2 is 2.40 bits per heavy atom. The molecule has 0 atom stereocenters. The summed E-state index contributed by atoms with van der Waals surface area (Å²) in [6.45, 7) is 3.06. The zero-order valence-electron chi connectivity index (χ0n) is 9.61. The quantitative estimate of drug-likeness (QED) is 0.747. The summed E-state index contributed by atoms with van der Waals surface area (Å²) in [5.74, 6) is 0. The average molecular weight is 208 g/mol. The van der Waals surface area contributed by atoms with Gasteiger partial charge < -0.3 is 14.8 Å². The molecule has 1 aromatic rings. The van der Waals surface area contributed by atoms with Crippen LogP contribution < -0.4 is 5.32 Å². The van der Waals surface area contributed by atoms with Gasteiger partial charge in [-0.25, -0.2) is 4.98 Å². The predicted octanol–water partition coefficient (Wildman–Crippen LogP) is 0.697. The first-order valence-corrected chi connectivity index (χ1v) is 5.65. The molecule has 1 aliphatic carbocycles. The number of imidazole rings is 1. The topological polar surface area (TPSA) is 33.1 Å². The highest BCUT2D eigenvalue weighted by molar-refractivity contribution is 4.97. The first kappa shape index (κ1) is 10.6. The standard InChI is InChI=1S/C11H20N4/c1-12-7-11-8-13-9-15(11)6-5-14(2)10-3-4-10/h8-10,12H,3-7H2,1-2H3. The van der Waals surface area contributed by atoms with Crippen molar-refractivity contribution in [1.82, 2.24) is 19.8 Å². The van der Waals surface area contributed by atoms with E-state index in [-0.39, 0.29) is 0 Å². The Bertz CT molecular complexity index is 303. The van der Waals surface area contributed by atoms with Gasteiger partial charge in [-0.1, -0.05) is 0 Å². The van der Waals surface area contributed by atoms with Crippen molar-refractivity contribution in [2.75, 3.05) is 20.6 Å². The van der Waals surface area contributed by atoms with E-state index >= 15 is 0 Å². The second kappa shape index (κ2) is 4.77. The number of aromatic nitrogens is 2. The summed E-state index contributed by atoms with van der Waals surface area (Å²) in [5.41, 5.74) is 1.27. The number of hydrogen-bond donors (Lipinski definition) is 1. The summed E-state index contributed by atoms with van der Waals surface area (Å²) in [6.07, 6.45) is 6.62. The lowest BCUT2D eigenvalue weighted by molar-refractivity contribution is 0.307. The molecule has 0 unspecified atom stereocenters. The summed E-state index contributed by atoms with van der Waals surface area (Å²) in [7, 11) is 4.18. The first-order valence-electron chi connectivity index (χ1n) is 5.65. The molecule has 1 aromatic heterocycles. The van der Waals surface area contributed by atoms with Gasteiger partial charge in [0.15, 0.2) is 0 Å². The summed E-state index contributed by atoms with van der Waals surface area (Å²) in [6, 6.07) is 0.848. The monoisotopic (exact) mass is 208 g/mol. The van der Waals surface area contributed by atoms with Crippen LogP contribution in [0, 0.1) is 0 Å². The highest BCUT2D eigenvalue weighted by atomic mass is 15.2. The molecule has 1 saturated carbocycles. The molecule has 1 N–H and O–H groups in total. The van der Waals surface area contributed by atoms with Crippen molar-refractivity contribution in [3.8, 4) is 0 Å². The molecule has 84 valence electrons. The van der Waals surface area contributed by atoms with Crippen molar-refractivity contribution in [3.63, 3.8) is 0 Å². The van der Waals surface area contributed by atoms with Gasteiger partial charge in [0.25, 0.3) is 0 Å². The molecule has 4 nitrogen and oxygen atoms in total. The second-order valence-corrected chi connectivity index (χ2v) is 4.32. The number of hydrogen-bond acceptors (Lipinski definition) is 3. The van der Waals surface area contributed by atoms with Gasteiger partial charge >= 0.3 is 0 Å². The molecule has 15 heavy (non-hydrogen) atoms. The maximum absolute atomic E-state index is 4.18. The van der Waals surface area contributed by atoms with Crippen LogP contribution in [0.3, 0.4) is 0 Å². The summed E-state index contributed by atoms with van der Waals surface area (Å²) >= 11 is 0. The third-order valence-electron chi connectivity index (χ3n) is 3.02. The fraction of sp³-hybridized carbons (Fsp3) is 0.727. The minimum Gasteiger partial charge on any atom is -0.332 e. The number of likely N-dealkylation sites (N-methyl/N-ethyl adjacent to an activating group) is 1. The summed E-state index contributed by atoms with van der Waals surface area (Å²) in [4.78, 5) is 6.63. The van der Waals surface area contributed by atoms with E-state index in [1.165, 1.54) is 18.5 Å². The van der Waals surface area contributed by atoms with E-state index in [4.69, 9.17) is 0 Å².